The van der Waals surface area contributed by atoms with Crippen molar-refractivity contribution in [2.75, 3.05) is 6.61 Å². The van der Waals surface area contributed by atoms with Crippen molar-refractivity contribution in [3.8, 4) is 11.5 Å². The number of ether oxygens (including phenoxy) is 2. The first-order chi connectivity index (χ1) is 10.1. The fourth-order valence-electron chi connectivity index (χ4n) is 2.13. The summed E-state index contributed by atoms with van der Waals surface area (Å²) in [5, 5.41) is 0.810. The number of alkyl halides is 1. The molecule has 2 aromatic rings. The topological polar surface area (TPSA) is 18.5 Å². The first-order valence-electron chi connectivity index (χ1n) is 7.14. The summed E-state index contributed by atoms with van der Waals surface area (Å²) in [6.07, 6.45) is 0. The first kappa shape index (κ1) is 15.9. The Kier molecular flexibility index (Phi) is 5.68. The van der Waals surface area contributed by atoms with Crippen molar-refractivity contribution in [3.63, 3.8) is 0 Å². The van der Waals surface area contributed by atoms with Crippen molar-refractivity contribution >= 4 is 15.9 Å². The standard InChI is InChI=1S/C18H21BrO2/c1-4-20-18-10-15(11-19)7-8-17(18)21-12-16-9-13(2)5-6-14(16)3/h5-10H,4,11-12H2,1-3H3. The summed E-state index contributed by atoms with van der Waals surface area (Å²) in [4.78, 5) is 0. The SMILES string of the molecule is CCOc1cc(CBr)ccc1OCc1cc(C)ccc1C. The number of benzene rings is 2. The highest BCUT2D eigenvalue weighted by molar-refractivity contribution is 9.08. The van der Waals surface area contributed by atoms with Crippen LogP contribution in [0.2, 0.25) is 0 Å². The predicted octanol–water partition coefficient (Wildman–Crippen LogP) is 5.18. The molecule has 3 heteroatoms. The zero-order valence-electron chi connectivity index (χ0n) is 12.8. The first-order valence-corrected chi connectivity index (χ1v) is 8.26. The molecular weight excluding hydrogens is 328 g/mol. The van der Waals surface area contributed by atoms with Crippen LogP contribution < -0.4 is 9.47 Å². The number of hydrogen-bond acceptors (Lipinski definition) is 2. The number of hydrogen-bond donors (Lipinski definition) is 0. The molecule has 0 aliphatic rings. The molecule has 0 fully saturated rings. The van der Waals surface area contributed by atoms with Gasteiger partial charge in [0.1, 0.15) is 6.61 Å². The van der Waals surface area contributed by atoms with Crippen molar-refractivity contribution in [1.29, 1.82) is 0 Å². The average molecular weight is 349 g/mol. The van der Waals surface area contributed by atoms with Gasteiger partial charge < -0.3 is 9.47 Å². The molecular formula is C18H21BrO2. The van der Waals surface area contributed by atoms with E-state index in [4.69, 9.17) is 9.47 Å². The van der Waals surface area contributed by atoms with Gasteiger partial charge in [-0.05, 0) is 49.6 Å². The summed E-state index contributed by atoms with van der Waals surface area (Å²) < 4.78 is 11.6. The van der Waals surface area contributed by atoms with Gasteiger partial charge in [0, 0.05) is 5.33 Å². The Labute approximate surface area is 135 Å². The Hall–Kier alpha value is -1.48. The maximum Gasteiger partial charge on any atom is 0.161 e. The van der Waals surface area contributed by atoms with E-state index in [9.17, 15) is 0 Å². The monoisotopic (exact) mass is 348 g/mol. The van der Waals surface area contributed by atoms with E-state index in [0.29, 0.717) is 13.2 Å². The van der Waals surface area contributed by atoms with Crippen molar-refractivity contribution in [3.05, 3.63) is 58.7 Å². The largest absolute Gasteiger partial charge is 0.490 e. The molecule has 0 spiro atoms. The quantitative estimate of drug-likeness (QED) is 0.670. The number of rotatable bonds is 6. The molecule has 21 heavy (non-hydrogen) atoms. The Morgan fingerprint density at radius 1 is 0.952 bits per heavy atom. The van der Waals surface area contributed by atoms with Crippen LogP contribution in [0.5, 0.6) is 11.5 Å². The van der Waals surface area contributed by atoms with E-state index < -0.39 is 0 Å². The number of halogens is 1. The maximum absolute atomic E-state index is 5.97. The number of aryl methyl sites for hydroxylation is 2. The molecule has 0 amide bonds. The zero-order valence-corrected chi connectivity index (χ0v) is 14.4. The Bertz CT molecular complexity index is 608. The van der Waals surface area contributed by atoms with E-state index in [0.717, 1.165) is 16.8 Å². The van der Waals surface area contributed by atoms with Crippen molar-refractivity contribution in [2.24, 2.45) is 0 Å². The zero-order chi connectivity index (χ0) is 15.2. The second-order valence-electron chi connectivity index (χ2n) is 5.07. The third-order valence-electron chi connectivity index (χ3n) is 3.35. The molecule has 0 atom stereocenters. The smallest absolute Gasteiger partial charge is 0.161 e. The Morgan fingerprint density at radius 3 is 2.48 bits per heavy atom. The molecule has 0 saturated carbocycles. The molecule has 112 valence electrons. The molecule has 0 saturated heterocycles. The molecule has 0 unspecified atom stereocenters. The van der Waals surface area contributed by atoms with Gasteiger partial charge in [-0.15, -0.1) is 0 Å². The molecule has 2 aromatic carbocycles. The van der Waals surface area contributed by atoms with Crippen LogP contribution in [0.15, 0.2) is 36.4 Å². The molecule has 0 bridgehead atoms. The van der Waals surface area contributed by atoms with Crippen molar-refractivity contribution < 1.29 is 9.47 Å². The minimum absolute atomic E-state index is 0.557. The third kappa shape index (κ3) is 4.24. The lowest BCUT2D eigenvalue weighted by molar-refractivity contribution is 0.268. The second kappa shape index (κ2) is 7.51. The van der Waals surface area contributed by atoms with E-state index in [1.54, 1.807) is 0 Å². The van der Waals surface area contributed by atoms with Gasteiger partial charge in [-0.1, -0.05) is 45.8 Å². The molecule has 0 N–H and O–H groups in total. The van der Waals surface area contributed by atoms with Gasteiger partial charge in [-0.3, -0.25) is 0 Å². The molecule has 0 aromatic heterocycles. The van der Waals surface area contributed by atoms with Gasteiger partial charge in [0.05, 0.1) is 6.61 Å². The minimum atomic E-state index is 0.557. The Morgan fingerprint density at radius 2 is 1.76 bits per heavy atom. The fourth-order valence-corrected chi connectivity index (χ4v) is 2.48. The molecule has 2 nitrogen and oxygen atoms in total. The molecule has 0 aliphatic heterocycles. The van der Waals surface area contributed by atoms with Gasteiger partial charge in [0.25, 0.3) is 0 Å². The highest BCUT2D eigenvalue weighted by Gasteiger charge is 2.07. The second-order valence-corrected chi connectivity index (χ2v) is 5.63. The summed E-state index contributed by atoms with van der Waals surface area (Å²) in [7, 11) is 0. The van der Waals surface area contributed by atoms with E-state index in [1.165, 1.54) is 22.3 Å². The highest BCUT2D eigenvalue weighted by atomic mass is 79.9. The third-order valence-corrected chi connectivity index (χ3v) is 4.00. The van der Waals surface area contributed by atoms with E-state index in [-0.39, 0.29) is 0 Å². The van der Waals surface area contributed by atoms with Gasteiger partial charge in [0.2, 0.25) is 0 Å². The molecule has 0 aliphatic carbocycles. The van der Waals surface area contributed by atoms with Gasteiger partial charge >= 0.3 is 0 Å². The summed E-state index contributed by atoms with van der Waals surface area (Å²) >= 11 is 3.46. The molecule has 0 heterocycles. The van der Waals surface area contributed by atoms with Crippen LogP contribution in [0, 0.1) is 13.8 Å². The lowest BCUT2D eigenvalue weighted by atomic mass is 10.1. The summed E-state index contributed by atoms with van der Waals surface area (Å²) in [6.45, 7) is 7.37. The van der Waals surface area contributed by atoms with Gasteiger partial charge in [-0.2, -0.15) is 0 Å². The summed E-state index contributed by atoms with van der Waals surface area (Å²) in [5.41, 5.74) is 4.88. The Balaban J connectivity index is 2.17. The predicted molar refractivity (Wildman–Crippen MR) is 90.5 cm³/mol. The van der Waals surface area contributed by atoms with E-state index >= 15 is 0 Å². The lowest BCUT2D eigenvalue weighted by Crippen LogP contribution is -2.01. The molecule has 0 radical (unpaired) electrons. The van der Waals surface area contributed by atoms with Crippen LogP contribution in [0.4, 0.5) is 0 Å². The van der Waals surface area contributed by atoms with Gasteiger partial charge in [-0.25, -0.2) is 0 Å². The lowest BCUT2D eigenvalue weighted by Gasteiger charge is -2.14. The highest BCUT2D eigenvalue weighted by Crippen LogP contribution is 2.30. The van der Waals surface area contributed by atoms with Crippen LogP contribution >= 0.6 is 15.9 Å². The van der Waals surface area contributed by atoms with Crippen LogP contribution in [0.25, 0.3) is 0 Å². The molecule has 2 rings (SSSR count). The summed E-state index contributed by atoms with van der Waals surface area (Å²) in [6, 6.07) is 12.5. The van der Waals surface area contributed by atoms with Crippen molar-refractivity contribution in [2.45, 2.75) is 32.7 Å². The van der Waals surface area contributed by atoms with E-state index in [2.05, 4.69) is 54.0 Å². The maximum atomic E-state index is 5.97. The summed E-state index contributed by atoms with van der Waals surface area (Å²) in [5.74, 6) is 1.60. The van der Waals surface area contributed by atoms with Crippen LogP contribution in [-0.2, 0) is 11.9 Å². The fraction of sp³-hybridized carbons (Fsp3) is 0.333. The van der Waals surface area contributed by atoms with Crippen LogP contribution in [-0.4, -0.2) is 6.61 Å². The normalized spacial score (nSPS) is 10.5. The van der Waals surface area contributed by atoms with Gasteiger partial charge in [0.15, 0.2) is 11.5 Å². The van der Waals surface area contributed by atoms with Crippen LogP contribution in [0.1, 0.15) is 29.2 Å². The van der Waals surface area contributed by atoms with E-state index in [1.807, 2.05) is 19.1 Å². The minimum Gasteiger partial charge on any atom is -0.490 e. The van der Waals surface area contributed by atoms with Crippen LogP contribution in [0.3, 0.4) is 0 Å². The van der Waals surface area contributed by atoms with Crippen molar-refractivity contribution in [1.82, 2.24) is 0 Å². The average Bonchev–Trinajstić information content (AvgIpc) is 2.49.